The Morgan fingerprint density at radius 2 is 1.73 bits per heavy atom. The Labute approximate surface area is 94.6 Å². The lowest BCUT2D eigenvalue weighted by Crippen LogP contribution is -2.56. The molecule has 4 nitrogen and oxygen atoms in total. The fourth-order valence-electron chi connectivity index (χ4n) is 1.61. The van der Waals surface area contributed by atoms with Gasteiger partial charge in [0.2, 0.25) is 0 Å². The van der Waals surface area contributed by atoms with Gasteiger partial charge in [0.25, 0.3) is 0 Å². The predicted molar refractivity (Wildman–Crippen MR) is 59.3 cm³/mol. The zero-order valence-electron chi connectivity index (χ0n) is 9.20. The normalized spacial score (nSPS) is 42.2. The number of ether oxygens (including phenoxy) is 1. The monoisotopic (exact) mass is 235 g/mol. The zero-order valence-corrected chi connectivity index (χ0v) is 10.0. The van der Waals surface area contributed by atoms with E-state index in [-0.39, 0.29) is 5.92 Å². The van der Waals surface area contributed by atoms with E-state index in [0.29, 0.717) is 0 Å². The first kappa shape index (κ1) is 13.3. The summed E-state index contributed by atoms with van der Waals surface area (Å²) >= 11 is 1.33. The molecule has 0 aliphatic carbocycles. The SMILES string of the molecule is CSC1OC([CH]C(C)C)C(O)C(O)C1O. The smallest absolute Gasteiger partial charge is 0.132 e. The van der Waals surface area contributed by atoms with Gasteiger partial charge in [-0.25, -0.2) is 0 Å². The highest BCUT2D eigenvalue weighted by atomic mass is 32.2. The van der Waals surface area contributed by atoms with E-state index >= 15 is 0 Å². The van der Waals surface area contributed by atoms with Gasteiger partial charge in [0.1, 0.15) is 23.7 Å². The second kappa shape index (κ2) is 5.50. The number of hydrogen-bond donors (Lipinski definition) is 3. The van der Waals surface area contributed by atoms with Gasteiger partial charge in [-0.1, -0.05) is 13.8 Å². The van der Waals surface area contributed by atoms with Gasteiger partial charge in [0.05, 0.1) is 6.10 Å². The van der Waals surface area contributed by atoms with Crippen LogP contribution in [0.15, 0.2) is 0 Å². The van der Waals surface area contributed by atoms with Crippen molar-refractivity contribution in [3.05, 3.63) is 6.42 Å². The van der Waals surface area contributed by atoms with Gasteiger partial charge in [-0.05, 0) is 18.6 Å². The quantitative estimate of drug-likeness (QED) is 0.643. The molecule has 1 heterocycles. The van der Waals surface area contributed by atoms with Crippen LogP contribution in [0.3, 0.4) is 0 Å². The largest absolute Gasteiger partial charge is 0.388 e. The molecule has 5 atom stereocenters. The molecule has 1 aliphatic rings. The summed E-state index contributed by atoms with van der Waals surface area (Å²) < 4.78 is 5.49. The van der Waals surface area contributed by atoms with Crippen molar-refractivity contribution in [2.75, 3.05) is 6.26 Å². The summed E-state index contributed by atoms with van der Waals surface area (Å²) in [5, 5.41) is 28.9. The highest BCUT2D eigenvalue weighted by molar-refractivity contribution is 7.99. The van der Waals surface area contributed by atoms with Crippen molar-refractivity contribution in [2.24, 2.45) is 5.92 Å². The molecule has 0 amide bonds. The molecule has 3 N–H and O–H groups in total. The van der Waals surface area contributed by atoms with Gasteiger partial charge in [-0.15, -0.1) is 11.8 Å². The van der Waals surface area contributed by atoms with Gasteiger partial charge >= 0.3 is 0 Å². The van der Waals surface area contributed by atoms with Crippen molar-refractivity contribution in [1.29, 1.82) is 0 Å². The van der Waals surface area contributed by atoms with E-state index in [1.165, 1.54) is 11.8 Å². The molecule has 1 radical (unpaired) electrons. The summed E-state index contributed by atoms with van der Waals surface area (Å²) in [5.74, 6) is 0.259. The minimum absolute atomic E-state index is 0.259. The highest BCUT2D eigenvalue weighted by Crippen LogP contribution is 2.29. The Morgan fingerprint density at radius 1 is 1.13 bits per heavy atom. The standard InChI is InChI=1S/C10H19O4S/c1-5(2)4-6-7(11)8(12)9(13)10(14-6)15-3/h4-13H,1-3H3. The van der Waals surface area contributed by atoms with Crippen LogP contribution < -0.4 is 0 Å². The zero-order chi connectivity index (χ0) is 11.6. The summed E-state index contributed by atoms with van der Waals surface area (Å²) in [6.45, 7) is 3.95. The maximum Gasteiger partial charge on any atom is 0.132 e. The molecule has 0 bridgehead atoms. The van der Waals surface area contributed by atoms with Crippen LogP contribution in [0.4, 0.5) is 0 Å². The maximum atomic E-state index is 9.69. The summed E-state index contributed by atoms with van der Waals surface area (Å²) in [7, 11) is 0. The Hall–Kier alpha value is 0.190. The second-order valence-electron chi connectivity index (χ2n) is 4.11. The number of thioether (sulfide) groups is 1. The first-order valence-electron chi connectivity index (χ1n) is 5.04. The van der Waals surface area contributed by atoms with Crippen molar-refractivity contribution in [3.63, 3.8) is 0 Å². The van der Waals surface area contributed by atoms with Gasteiger partial charge in [0.15, 0.2) is 0 Å². The van der Waals surface area contributed by atoms with E-state index < -0.39 is 29.9 Å². The fraction of sp³-hybridized carbons (Fsp3) is 0.900. The molecule has 0 aromatic heterocycles. The van der Waals surface area contributed by atoms with Crippen LogP contribution in [-0.4, -0.2) is 51.4 Å². The molecule has 0 spiro atoms. The van der Waals surface area contributed by atoms with Crippen LogP contribution in [-0.2, 0) is 4.74 Å². The van der Waals surface area contributed by atoms with Crippen molar-refractivity contribution in [1.82, 2.24) is 0 Å². The molecule has 0 saturated carbocycles. The molecular weight excluding hydrogens is 216 g/mol. The third-order valence-electron chi connectivity index (χ3n) is 2.41. The van der Waals surface area contributed by atoms with Gasteiger partial charge in [0, 0.05) is 0 Å². The molecule has 0 aromatic rings. The van der Waals surface area contributed by atoms with Crippen LogP contribution in [0, 0.1) is 12.3 Å². The Kier molecular flexibility index (Phi) is 4.86. The molecule has 5 unspecified atom stereocenters. The molecule has 1 aliphatic heterocycles. The Balaban J connectivity index is 2.65. The Morgan fingerprint density at radius 3 is 2.20 bits per heavy atom. The fourth-order valence-corrected chi connectivity index (χ4v) is 2.29. The van der Waals surface area contributed by atoms with E-state index in [4.69, 9.17) is 4.74 Å². The molecule has 15 heavy (non-hydrogen) atoms. The molecule has 1 fully saturated rings. The van der Waals surface area contributed by atoms with Crippen LogP contribution in [0.25, 0.3) is 0 Å². The van der Waals surface area contributed by atoms with Crippen LogP contribution in [0.5, 0.6) is 0 Å². The second-order valence-corrected chi connectivity index (χ2v) is 5.05. The van der Waals surface area contributed by atoms with Crippen molar-refractivity contribution >= 4 is 11.8 Å². The van der Waals surface area contributed by atoms with Crippen molar-refractivity contribution < 1.29 is 20.1 Å². The number of aliphatic hydroxyl groups excluding tert-OH is 3. The first-order chi connectivity index (χ1) is 6.97. The predicted octanol–water partition coefficient (Wildman–Crippen LogP) is 0.0173. The topological polar surface area (TPSA) is 69.9 Å². The summed E-state index contributed by atoms with van der Waals surface area (Å²) in [4.78, 5) is 0. The van der Waals surface area contributed by atoms with Gasteiger partial charge in [-0.3, -0.25) is 0 Å². The maximum absolute atomic E-state index is 9.69. The number of rotatable bonds is 3. The number of aliphatic hydroxyl groups is 3. The lowest BCUT2D eigenvalue weighted by Gasteiger charge is -2.40. The van der Waals surface area contributed by atoms with E-state index in [2.05, 4.69) is 0 Å². The summed E-state index contributed by atoms with van der Waals surface area (Å²) in [5.41, 5.74) is -0.483. The lowest BCUT2D eigenvalue weighted by atomic mass is 9.94. The molecule has 1 saturated heterocycles. The molecule has 1 rings (SSSR count). The van der Waals surface area contributed by atoms with Crippen molar-refractivity contribution in [2.45, 2.75) is 43.7 Å². The highest BCUT2D eigenvalue weighted by Gasteiger charge is 2.43. The lowest BCUT2D eigenvalue weighted by molar-refractivity contribution is -0.189. The average molecular weight is 235 g/mol. The summed E-state index contributed by atoms with van der Waals surface area (Å²) in [6, 6.07) is 0. The summed E-state index contributed by atoms with van der Waals surface area (Å²) in [6.07, 6.45) is -0.108. The average Bonchev–Trinajstić information content (AvgIpc) is 2.18. The van der Waals surface area contributed by atoms with E-state index in [1.54, 1.807) is 6.26 Å². The molecule has 5 heteroatoms. The molecule has 89 valence electrons. The minimum Gasteiger partial charge on any atom is -0.388 e. The molecular formula is C10H19O4S. The first-order valence-corrected chi connectivity index (χ1v) is 6.33. The van der Waals surface area contributed by atoms with Crippen molar-refractivity contribution in [3.8, 4) is 0 Å². The van der Waals surface area contributed by atoms with Gasteiger partial charge < -0.3 is 20.1 Å². The van der Waals surface area contributed by atoms with E-state index in [9.17, 15) is 15.3 Å². The number of hydrogen-bond acceptors (Lipinski definition) is 5. The Bertz CT molecular complexity index is 198. The van der Waals surface area contributed by atoms with Gasteiger partial charge in [-0.2, -0.15) is 0 Å². The molecule has 0 aromatic carbocycles. The van der Waals surface area contributed by atoms with E-state index in [1.807, 2.05) is 20.3 Å². The van der Waals surface area contributed by atoms with Crippen LogP contribution in [0.1, 0.15) is 13.8 Å². The third kappa shape index (κ3) is 3.07. The minimum atomic E-state index is -1.14. The van der Waals surface area contributed by atoms with Crippen LogP contribution in [0.2, 0.25) is 0 Å². The van der Waals surface area contributed by atoms with Crippen LogP contribution >= 0.6 is 11.8 Å². The third-order valence-corrected chi connectivity index (χ3v) is 3.27. The van der Waals surface area contributed by atoms with E-state index in [0.717, 1.165) is 0 Å².